The van der Waals surface area contributed by atoms with Crippen LogP contribution in [0.1, 0.15) is 44.7 Å². The van der Waals surface area contributed by atoms with Crippen molar-refractivity contribution < 1.29 is 47.5 Å². The fourth-order valence-electron chi connectivity index (χ4n) is 4.48. The maximum Gasteiger partial charge on any atom is 0.490 e. The van der Waals surface area contributed by atoms with E-state index in [-0.39, 0.29) is 12.2 Å². The Balaban J connectivity index is 1.53. The molecule has 0 radical (unpaired) electrons. The van der Waals surface area contributed by atoms with E-state index in [9.17, 15) is 34.1 Å². The van der Waals surface area contributed by atoms with E-state index in [0.717, 1.165) is 4.90 Å². The molecule has 2 amide bonds. The zero-order valence-electron chi connectivity index (χ0n) is 24.3. The van der Waals surface area contributed by atoms with Gasteiger partial charge in [-0.05, 0) is 38.8 Å². The molecular weight excluding hydrogens is 592 g/mol. The minimum atomic E-state index is -2.20. The van der Waals surface area contributed by atoms with E-state index in [0.29, 0.717) is 11.1 Å². The van der Waals surface area contributed by atoms with Crippen LogP contribution >= 0.6 is 0 Å². The van der Waals surface area contributed by atoms with Crippen molar-refractivity contribution in [2.75, 3.05) is 6.79 Å². The minimum absolute atomic E-state index is 0.101. The first-order valence-electron chi connectivity index (χ1n) is 13.4. The molecule has 2 aromatic carbocycles. The van der Waals surface area contributed by atoms with Gasteiger partial charge in [0.25, 0.3) is 5.91 Å². The number of hydrogen-bond acceptors (Lipinski definition) is 9. The highest BCUT2D eigenvalue weighted by Gasteiger charge is 2.65. The molecule has 0 spiro atoms. The molecule has 4 rings (SSSR count). The largest absolute Gasteiger partial charge is 0.604 e. The summed E-state index contributed by atoms with van der Waals surface area (Å²) in [6.07, 6.45) is 0. The van der Waals surface area contributed by atoms with Gasteiger partial charge in [-0.3, -0.25) is 24.1 Å². The van der Waals surface area contributed by atoms with Crippen LogP contribution in [0, 0.1) is 5.41 Å². The maximum absolute atomic E-state index is 13.5. The predicted molar refractivity (Wildman–Crippen MR) is 154 cm³/mol. The molecule has 2 aliphatic rings. The number of esters is 3. The number of carbonyl (C=O) groups is 5. The molecule has 2 heterocycles. The summed E-state index contributed by atoms with van der Waals surface area (Å²) in [6.45, 7) is 5.25. The molecule has 0 saturated carbocycles. The van der Waals surface area contributed by atoms with Crippen LogP contribution < -0.4 is 5.32 Å². The van der Waals surface area contributed by atoms with Crippen molar-refractivity contribution in [2.24, 2.45) is 5.41 Å². The number of nitrogens with one attached hydrogen (secondary N) is 1. The van der Waals surface area contributed by atoms with Gasteiger partial charge in [0, 0.05) is 0 Å². The number of ether oxygens (including phenoxy) is 3. The van der Waals surface area contributed by atoms with Crippen LogP contribution in [0.15, 0.2) is 71.9 Å². The van der Waals surface area contributed by atoms with Gasteiger partial charge < -0.3 is 29.6 Å². The van der Waals surface area contributed by atoms with Crippen molar-refractivity contribution >= 4 is 45.9 Å². The number of hydrogen-bond donors (Lipinski definition) is 1. The minimum Gasteiger partial charge on any atom is -0.604 e. The lowest BCUT2D eigenvalue weighted by Crippen LogP contribution is -2.75. The molecule has 44 heavy (non-hydrogen) atoms. The normalized spacial score (nSPS) is 20.0. The van der Waals surface area contributed by atoms with Crippen molar-refractivity contribution in [1.29, 1.82) is 0 Å². The SMILES string of the molecule is CC1=C(C(=O)OCOC(=O)C(C)(C)C)N2C(=O)C(NC(=O)C(C(=O)OCc3ccccc3)c3ccccc3)[C@H]2[S+]([O-])C1=[N+]=[N-]. The Morgan fingerprint density at radius 3 is 2.23 bits per heavy atom. The van der Waals surface area contributed by atoms with Gasteiger partial charge in [-0.25, -0.2) is 4.79 Å². The molecule has 2 aliphatic heterocycles. The summed E-state index contributed by atoms with van der Waals surface area (Å²) in [5.41, 5.74) is 9.19. The van der Waals surface area contributed by atoms with Crippen LogP contribution in [-0.4, -0.2) is 67.2 Å². The second-order valence-corrected chi connectivity index (χ2v) is 12.4. The average Bonchev–Trinajstić information content (AvgIpc) is 2.99. The molecule has 13 nitrogen and oxygen atoms in total. The highest BCUT2D eigenvalue weighted by molar-refractivity contribution is 8.07. The quantitative estimate of drug-likeness (QED) is 0.0829. The lowest BCUT2D eigenvalue weighted by atomic mass is 9.96. The Labute approximate surface area is 255 Å². The third-order valence-corrected chi connectivity index (χ3v) is 8.49. The van der Waals surface area contributed by atoms with Gasteiger partial charge in [-0.1, -0.05) is 60.7 Å². The van der Waals surface area contributed by atoms with Gasteiger partial charge in [0.1, 0.15) is 17.9 Å². The van der Waals surface area contributed by atoms with Gasteiger partial charge >= 0.3 is 23.0 Å². The molecule has 1 N–H and O–H groups in total. The highest BCUT2D eigenvalue weighted by Crippen LogP contribution is 2.38. The van der Waals surface area contributed by atoms with E-state index >= 15 is 0 Å². The summed E-state index contributed by atoms with van der Waals surface area (Å²) in [7, 11) is 0. The Morgan fingerprint density at radius 2 is 1.64 bits per heavy atom. The van der Waals surface area contributed by atoms with Crippen LogP contribution in [0.4, 0.5) is 0 Å². The molecule has 14 heteroatoms. The lowest BCUT2D eigenvalue weighted by molar-refractivity contribution is -0.173. The molecule has 0 aromatic heterocycles. The number of fused-ring (bicyclic) bond motifs is 1. The molecule has 0 aliphatic carbocycles. The molecule has 3 unspecified atom stereocenters. The van der Waals surface area contributed by atoms with Gasteiger partial charge in [-0.2, -0.15) is 0 Å². The lowest BCUT2D eigenvalue weighted by Gasteiger charge is -2.46. The smallest absolute Gasteiger partial charge is 0.490 e. The van der Waals surface area contributed by atoms with E-state index in [1.165, 1.54) is 6.92 Å². The van der Waals surface area contributed by atoms with Crippen LogP contribution in [0.5, 0.6) is 0 Å². The van der Waals surface area contributed by atoms with E-state index in [1.807, 2.05) is 0 Å². The summed E-state index contributed by atoms with van der Waals surface area (Å²) in [4.78, 5) is 68.9. The Morgan fingerprint density at radius 1 is 1.02 bits per heavy atom. The topological polar surface area (TPSA) is 188 Å². The zero-order chi connectivity index (χ0) is 32.2. The molecule has 1 saturated heterocycles. The molecule has 0 bridgehead atoms. The second kappa shape index (κ2) is 13.2. The van der Waals surface area contributed by atoms with Crippen LogP contribution in [0.25, 0.3) is 5.53 Å². The first-order chi connectivity index (χ1) is 20.9. The van der Waals surface area contributed by atoms with E-state index in [4.69, 9.17) is 14.2 Å². The van der Waals surface area contributed by atoms with Crippen molar-refractivity contribution in [1.82, 2.24) is 10.2 Å². The predicted octanol–water partition coefficient (Wildman–Crippen LogP) is 1.92. The Hall–Kier alpha value is -4.78. The molecule has 1 fully saturated rings. The summed E-state index contributed by atoms with van der Waals surface area (Å²) < 4.78 is 28.7. The van der Waals surface area contributed by atoms with E-state index in [1.54, 1.807) is 81.4 Å². The van der Waals surface area contributed by atoms with Gasteiger partial charge in [0.2, 0.25) is 18.1 Å². The molecule has 4 atom stereocenters. The summed E-state index contributed by atoms with van der Waals surface area (Å²) in [5.74, 6) is -5.85. The Bertz CT molecular complexity index is 1550. The summed E-state index contributed by atoms with van der Waals surface area (Å²) >= 11 is -2.20. The number of benzene rings is 2. The third-order valence-electron chi connectivity index (χ3n) is 6.80. The van der Waals surface area contributed by atoms with Crippen LogP contribution in [0.2, 0.25) is 0 Å². The van der Waals surface area contributed by atoms with Crippen molar-refractivity contribution in [2.45, 2.75) is 51.6 Å². The number of nitrogens with zero attached hydrogens (tertiary/aromatic N) is 3. The van der Waals surface area contributed by atoms with Crippen molar-refractivity contribution in [3.63, 3.8) is 0 Å². The fourth-order valence-corrected chi connectivity index (χ4v) is 6.02. The fraction of sp³-hybridized carbons (Fsp3) is 0.333. The summed E-state index contributed by atoms with van der Waals surface area (Å²) in [6, 6.07) is 15.4. The first-order valence-corrected chi connectivity index (χ1v) is 14.6. The molecule has 230 valence electrons. The number of amides is 2. The van der Waals surface area contributed by atoms with Crippen LogP contribution in [0.3, 0.4) is 0 Å². The van der Waals surface area contributed by atoms with Crippen molar-refractivity contribution in [3.8, 4) is 0 Å². The maximum atomic E-state index is 13.5. The van der Waals surface area contributed by atoms with Gasteiger partial charge in [0.15, 0.2) is 12.0 Å². The van der Waals surface area contributed by atoms with Crippen molar-refractivity contribution in [3.05, 3.63) is 88.6 Å². The number of carbonyl (C=O) groups excluding carboxylic acids is 5. The first kappa shape index (κ1) is 32.1. The Kier molecular flexibility index (Phi) is 9.68. The zero-order valence-corrected chi connectivity index (χ0v) is 25.2. The third kappa shape index (κ3) is 6.57. The van der Waals surface area contributed by atoms with E-state index in [2.05, 4.69) is 10.1 Å². The van der Waals surface area contributed by atoms with E-state index < -0.39 is 81.2 Å². The van der Waals surface area contributed by atoms with Crippen LogP contribution in [-0.2, 0) is 56.0 Å². The van der Waals surface area contributed by atoms with Gasteiger partial charge in [0.05, 0.1) is 16.6 Å². The highest BCUT2D eigenvalue weighted by atomic mass is 32.2. The number of β-lactam (4-membered cyclic amide) rings is 1. The average molecular weight is 623 g/mol. The van der Waals surface area contributed by atoms with Gasteiger partial charge in [-0.15, -0.1) is 4.79 Å². The standard InChI is InChI=1S/C30H30N4O9S/c1-17-22(28(38)42-16-43-29(39)30(2,3)4)34-25(36)21(26(34)44(40)24(17)33-31)32-23(35)20(19-13-9-6-10-14-19)27(37)41-15-18-11-7-5-8-12-18/h5-14,20-21,26H,15-16H2,1-4H3,(H,32,35)/t20?,21?,26-,44?/m1/s1. The monoisotopic (exact) mass is 622 g/mol. The molecule has 2 aromatic rings. The molecular formula is C30H30N4O9S. The number of rotatable bonds is 9. The second-order valence-electron chi connectivity index (χ2n) is 10.9. The summed E-state index contributed by atoms with van der Waals surface area (Å²) in [5, 5.41) is 0.681.